The third-order valence-electron chi connectivity index (χ3n) is 7.10. The Labute approximate surface area is 207 Å². The van der Waals surface area contributed by atoms with Crippen molar-refractivity contribution in [3.63, 3.8) is 0 Å². The molecule has 176 valence electrons. The summed E-state index contributed by atoms with van der Waals surface area (Å²) in [5.74, 6) is 2.31. The Bertz CT molecular complexity index is 1210. The molecular weight excluding hydrogens is 432 g/mol. The summed E-state index contributed by atoms with van der Waals surface area (Å²) in [7, 11) is 0. The Morgan fingerprint density at radius 2 is 1.09 bits per heavy atom. The van der Waals surface area contributed by atoms with E-state index in [2.05, 4.69) is 114 Å². The first kappa shape index (κ1) is 21.6. The molecule has 0 fully saturated rings. The van der Waals surface area contributed by atoms with Crippen molar-refractivity contribution in [2.75, 3.05) is 23.3 Å². The van der Waals surface area contributed by atoms with Gasteiger partial charge in [0.25, 0.3) is 0 Å². The number of para-hydroxylation sites is 2. The van der Waals surface area contributed by atoms with E-state index in [1.807, 2.05) is 0 Å². The summed E-state index contributed by atoms with van der Waals surface area (Å²) in [6, 6.07) is 34.4. The van der Waals surface area contributed by atoms with Gasteiger partial charge in [0.15, 0.2) is 13.5 Å². The van der Waals surface area contributed by atoms with Gasteiger partial charge in [0.05, 0.1) is 0 Å². The zero-order chi connectivity index (χ0) is 23.6. The minimum Gasteiger partial charge on any atom is -0.473 e. The third kappa shape index (κ3) is 4.32. The quantitative estimate of drug-likeness (QED) is 0.321. The van der Waals surface area contributed by atoms with E-state index in [4.69, 9.17) is 9.47 Å². The van der Waals surface area contributed by atoms with Crippen molar-refractivity contribution in [2.45, 2.75) is 32.4 Å². The van der Waals surface area contributed by atoms with Gasteiger partial charge in [0.2, 0.25) is 0 Å². The van der Waals surface area contributed by atoms with Gasteiger partial charge in [-0.2, -0.15) is 0 Å². The molecule has 0 aromatic heterocycles. The van der Waals surface area contributed by atoms with Crippen LogP contribution in [0.15, 0.2) is 97.1 Å². The molecule has 0 saturated carbocycles. The van der Waals surface area contributed by atoms with Gasteiger partial charge in [-0.3, -0.25) is 0 Å². The molecule has 2 aliphatic rings. The highest BCUT2D eigenvalue weighted by Crippen LogP contribution is 2.37. The van der Waals surface area contributed by atoms with Gasteiger partial charge in [-0.25, -0.2) is 0 Å². The largest absolute Gasteiger partial charge is 0.473 e. The van der Waals surface area contributed by atoms with E-state index in [1.54, 1.807) is 0 Å². The lowest BCUT2D eigenvalue weighted by atomic mass is 9.87. The standard InChI is InChI=1S/C31H30N2O2/c1-2-29(23-13-15-30-25(17-23)19-32(21-34-30)27-9-5-3-6-10-27)24-14-16-31-26(18-24)20-33(22-35-31)28-11-7-4-8-12-28/h3-18,29H,2,19-22H2,1H3. The lowest BCUT2D eigenvalue weighted by molar-refractivity contribution is 0.289. The number of nitrogens with zero attached hydrogens (tertiary/aromatic N) is 2. The lowest BCUT2D eigenvalue weighted by Gasteiger charge is -2.32. The van der Waals surface area contributed by atoms with Crippen molar-refractivity contribution in [1.82, 2.24) is 0 Å². The van der Waals surface area contributed by atoms with E-state index in [9.17, 15) is 0 Å². The number of ether oxygens (including phenoxy) is 2. The number of anilines is 2. The summed E-state index contributed by atoms with van der Waals surface area (Å²) in [6.07, 6.45) is 1.03. The minimum atomic E-state index is 0.324. The van der Waals surface area contributed by atoms with Gasteiger partial charge in [-0.15, -0.1) is 0 Å². The average molecular weight is 463 g/mol. The SMILES string of the molecule is CCC(c1ccc2c(c1)CN(c1ccccc1)CO2)c1ccc2c(c1)CN(c1ccccc1)CO2. The molecule has 0 saturated heterocycles. The van der Waals surface area contributed by atoms with Crippen molar-refractivity contribution in [1.29, 1.82) is 0 Å². The molecule has 2 aliphatic heterocycles. The van der Waals surface area contributed by atoms with Crippen LogP contribution >= 0.6 is 0 Å². The maximum atomic E-state index is 6.10. The number of rotatable bonds is 5. The van der Waals surface area contributed by atoms with Crippen molar-refractivity contribution < 1.29 is 9.47 Å². The molecule has 2 heterocycles. The summed E-state index contributed by atoms with van der Waals surface area (Å²) in [5, 5.41) is 0. The summed E-state index contributed by atoms with van der Waals surface area (Å²) >= 11 is 0. The van der Waals surface area contributed by atoms with Crippen LogP contribution in [0, 0.1) is 0 Å². The molecule has 0 atom stereocenters. The van der Waals surface area contributed by atoms with Gasteiger partial charge in [0, 0.05) is 41.5 Å². The Kier molecular flexibility index (Phi) is 5.79. The van der Waals surface area contributed by atoms with E-state index in [0.717, 1.165) is 31.0 Å². The van der Waals surface area contributed by atoms with E-state index in [0.29, 0.717) is 19.4 Å². The molecule has 0 aliphatic carbocycles. The van der Waals surface area contributed by atoms with Gasteiger partial charge >= 0.3 is 0 Å². The second kappa shape index (κ2) is 9.38. The molecule has 0 radical (unpaired) electrons. The topological polar surface area (TPSA) is 24.9 Å². The van der Waals surface area contributed by atoms with Crippen LogP contribution in [0.3, 0.4) is 0 Å². The van der Waals surface area contributed by atoms with Crippen molar-refractivity contribution in [3.05, 3.63) is 119 Å². The van der Waals surface area contributed by atoms with Crippen LogP contribution in [-0.4, -0.2) is 13.5 Å². The predicted molar refractivity (Wildman–Crippen MR) is 141 cm³/mol. The van der Waals surface area contributed by atoms with Gasteiger partial charge in [-0.05, 0) is 66.1 Å². The average Bonchev–Trinajstić information content (AvgIpc) is 2.93. The van der Waals surface area contributed by atoms with Gasteiger partial charge in [0.1, 0.15) is 11.5 Å². The molecule has 4 nitrogen and oxygen atoms in total. The van der Waals surface area contributed by atoms with Crippen molar-refractivity contribution >= 4 is 11.4 Å². The van der Waals surface area contributed by atoms with Crippen LogP contribution in [0.1, 0.15) is 41.5 Å². The molecule has 4 aromatic rings. The minimum absolute atomic E-state index is 0.324. The van der Waals surface area contributed by atoms with E-state index < -0.39 is 0 Å². The second-order valence-electron chi connectivity index (χ2n) is 9.31. The Hall–Kier alpha value is -3.92. The predicted octanol–water partition coefficient (Wildman–Crippen LogP) is 6.94. The molecule has 0 N–H and O–H groups in total. The zero-order valence-electron chi connectivity index (χ0n) is 20.1. The molecule has 4 aromatic carbocycles. The first-order valence-corrected chi connectivity index (χ1v) is 12.4. The third-order valence-corrected chi connectivity index (χ3v) is 7.10. The summed E-state index contributed by atoms with van der Waals surface area (Å²) < 4.78 is 12.2. The summed E-state index contributed by atoms with van der Waals surface area (Å²) in [6.45, 7) is 5.14. The molecule has 0 unspecified atom stereocenters. The number of fused-ring (bicyclic) bond motifs is 2. The normalized spacial score (nSPS) is 14.7. The van der Waals surface area contributed by atoms with E-state index in [-0.39, 0.29) is 0 Å². The van der Waals surface area contributed by atoms with Crippen LogP contribution in [0.5, 0.6) is 11.5 Å². The van der Waals surface area contributed by atoms with Crippen LogP contribution < -0.4 is 19.3 Å². The smallest absolute Gasteiger partial charge is 0.161 e. The Morgan fingerprint density at radius 1 is 0.629 bits per heavy atom. The fraction of sp³-hybridized carbons (Fsp3) is 0.226. The van der Waals surface area contributed by atoms with Crippen molar-refractivity contribution in [2.24, 2.45) is 0 Å². The summed E-state index contributed by atoms with van der Waals surface area (Å²) in [5.41, 5.74) is 7.53. The molecule has 0 spiro atoms. The highest BCUT2D eigenvalue weighted by Gasteiger charge is 2.23. The van der Waals surface area contributed by atoms with Crippen LogP contribution in [0.25, 0.3) is 0 Å². The van der Waals surface area contributed by atoms with E-state index >= 15 is 0 Å². The number of hydrogen-bond donors (Lipinski definition) is 0. The van der Waals surface area contributed by atoms with Crippen LogP contribution in [0.4, 0.5) is 11.4 Å². The molecule has 4 heteroatoms. The fourth-order valence-corrected chi connectivity index (χ4v) is 5.23. The number of hydrogen-bond acceptors (Lipinski definition) is 4. The molecule has 0 bridgehead atoms. The summed E-state index contributed by atoms with van der Waals surface area (Å²) in [4.78, 5) is 4.56. The Morgan fingerprint density at radius 3 is 1.51 bits per heavy atom. The highest BCUT2D eigenvalue weighted by atomic mass is 16.5. The number of benzene rings is 4. The first-order chi connectivity index (χ1) is 17.3. The zero-order valence-corrected chi connectivity index (χ0v) is 20.1. The van der Waals surface area contributed by atoms with Crippen LogP contribution in [0.2, 0.25) is 0 Å². The van der Waals surface area contributed by atoms with Gasteiger partial charge < -0.3 is 19.3 Å². The Balaban J connectivity index is 1.26. The molecular formula is C31H30N2O2. The first-order valence-electron chi connectivity index (χ1n) is 12.4. The lowest BCUT2D eigenvalue weighted by Crippen LogP contribution is -2.32. The monoisotopic (exact) mass is 462 g/mol. The second-order valence-corrected chi connectivity index (χ2v) is 9.31. The highest BCUT2D eigenvalue weighted by molar-refractivity contribution is 5.53. The molecule has 6 rings (SSSR count). The van der Waals surface area contributed by atoms with Crippen LogP contribution in [-0.2, 0) is 13.1 Å². The molecule has 35 heavy (non-hydrogen) atoms. The van der Waals surface area contributed by atoms with Crippen molar-refractivity contribution in [3.8, 4) is 11.5 Å². The maximum absolute atomic E-state index is 6.10. The fourth-order valence-electron chi connectivity index (χ4n) is 5.23. The van der Waals surface area contributed by atoms with Gasteiger partial charge in [-0.1, -0.05) is 55.5 Å². The maximum Gasteiger partial charge on any atom is 0.161 e. The molecule has 0 amide bonds. The van der Waals surface area contributed by atoms with E-state index in [1.165, 1.54) is 33.6 Å².